The quantitative estimate of drug-likeness (QED) is 0.634. The lowest BCUT2D eigenvalue weighted by atomic mass is 9.86. The summed E-state index contributed by atoms with van der Waals surface area (Å²) in [7, 11) is 0. The predicted octanol–water partition coefficient (Wildman–Crippen LogP) is 2.41. The Labute approximate surface area is 86.9 Å². The Hall–Kier alpha value is -0.570. The summed E-state index contributed by atoms with van der Waals surface area (Å²) in [4.78, 5) is 10.8. The number of rotatable bonds is 8. The first-order valence-corrected chi connectivity index (χ1v) is 5.57. The molecule has 3 heteroatoms. The highest BCUT2D eigenvalue weighted by Gasteiger charge is 2.28. The fraction of sp³-hybridized carbons (Fsp3) is 0.909. The molecule has 0 fully saturated rings. The molecule has 0 aromatic heterocycles. The summed E-state index contributed by atoms with van der Waals surface area (Å²) in [5, 5.41) is 12.2. The van der Waals surface area contributed by atoms with Crippen LogP contribution in [0.25, 0.3) is 0 Å². The average Bonchev–Trinajstić information content (AvgIpc) is 2.14. The molecular weight excluding hydrogens is 178 g/mol. The third kappa shape index (κ3) is 4.61. The number of hydrogen-bond donors (Lipinski definition) is 2. The normalized spacial score (nSPS) is 15.1. The van der Waals surface area contributed by atoms with E-state index in [1.165, 1.54) is 0 Å². The lowest BCUT2D eigenvalue weighted by Gasteiger charge is -2.32. The Balaban J connectivity index is 4.33. The highest BCUT2D eigenvalue weighted by Crippen LogP contribution is 2.22. The molecule has 1 atom stereocenters. The van der Waals surface area contributed by atoms with E-state index in [1.54, 1.807) is 0 Å². The van der Waals surface area contributed by atoms with Crippen molar-refractivity contribution in [3.8, 4) is 0 Å². The lowest BCUT2D eigenvalue weighted by molar-refractivity contribution is -0.138. The number of unbranched alkanes of at least 4 members (excludes halogenated alkanes) is 1. The Bertz CT molecular complexity index is 171. The van der Waals surface area contributed by atoms with E-state index in [4.69, 9.17) is 5.11 Å². The highest BCUT2D eigenvalue weighted by molar-refractivity contribution is 5.68. The van der Waals surface area contributed by atoms with Crippen LogP contribution in [0.3, 0.4) is 0 Å². The summed E-state index contributed by atoms with van der Waals surface area (Å²) >= 11 is 0. The lowest BCUT2D eigenvalue weighted by Crippen LogP contribution is -2.46. The van der Waals surface area contributed by atoms with Crippen LogP contribution in [0, 0.1) is 0 Å². The van der Waals surface area contributed by atoms with Gasteiger partial charge in [-0.2, -0.15) is 0 Å². The molecule has 0 radical (unpaired) electrons. The maximum atomic E-state index is 10.8. The van der Waals surface area contributed by atoms with Crippen LogP contribution in [0.1, 0.15) is 52.9 Å². The molecule has 0 aromatic carbocycles. The first-order valence-electron chi connectivity index (χ1n) is 5.57. The maximum Gasteiger partial charge on any atom is 0.305 e. The van der Waals surface area contributed by atoms with E-state index < -0.39 is 5.97 Å². The van der Waals surface area contributed by atoms with Crippen molar-refractivity contribution >= 4 is 5.97 Å². The van der Waals surface area contributed by atoms with Gasteiger partial charge >= 0.3 is 5.97 Å². The Morgan fingerprint density at radius 2 is 2.00 bits per heavy atom. The Morgan fingerprint density at radius 3 is 2.36 bits per heavy atom. The summed E-state index contributed by atoms with van der Waals surface area (Å²) in [5.74, 6) is -0.705. The number of nitrogens with one attached hydrogen (secondary N) is 1. The van der Waals surface area contributed by atoms with Crippen molar-refractivity contribution in [1.82, 2.24) is 5.32 Å². The maximum absolute atomic E-state index is 10.8. The van der Waals surface area contributed by atoms with Gasteiger partial charge in [-0.3, -0.25) is 4.79 Å². The van der Waals surface area contributed by atoms with Crippen LogP contribution >= 0.6 is 0 Å². The van der Waals surface area contributed by atoms with Gasteiger partial charge in [0, 0.05) is 5.54 Å². The van der Waals surface area contributed by atoms with E-state index in [-0.39, 0.29) is 12.0 Å². The van der Waals surface area contributed by atoms with E-state index >= 15 is 0 Å². The van der Waals surface area contributed by atoms with Crippen LogP contribution in [0.2, 0.25) is 0 Å². The zero-order chi connectivity index (χ0) is 11.0. The summed E-state index contributed by atoms with van der Waals surface area (Å²) in [6.45, 7) is 7.05. The molecule has 0 amide bonds. The monoisotopic (exact) mass is 201 g/mol. The van der Waals surface area contributed by atoms with Crippen molar-refractivity contribution in [3.63, 3.8) is 0 Å². The minimum Gasteiger partial charge on any atom is -0.481 e. The number of carboxylic acid groups (broad SMARTS) is 1. The van der Waals surface area contributed by atoms with Gasteiger partial charge in [-0.25, -0.2) is 0 Å². The molecule has 0 saturated heterocycles. The van der Waals surface area contributed by atoms with Gasteiger partial charge in [-0.05, 0) is 19.4 Å². The van der Waals surface area contributed by atoms with Crippen LogP contribution in [0.15, 0.2) is 0 Å². The number of hydrogen-bond acceptors (Lipinski definition) is 2. The largest absolute Gasteiger partial charge is 0.481 e. The molecule has 1 unspecified atom stereocenters. The summed E-state index contributed by atoms with van der Waals surface area (Å²) in [5.41, 5.74) is -0.184. The number of carbonyl (C=O) groups is 1. The molecule has 0 aromatic rings. The second-order valence-corrected chi connectivity index (χ2v) is 3.84. The SMILES string of the molecule is CCCCC(CC)(CC(=O)O)NCC. The summed E-state index contributed by atoms with van der Waals surface area (Å²) in [6.07, 6.45) is 4.28. The van der Waals surface area contributed by atoms with Crippen molar-refractivity contribution < 1.29 is 9.90 Å². The van der Waals surface area contributed by atoms with Crippen molar-refractivity contribution in [2.45, 2.75) is 58.4 Å². The van der Waals surface area contributed by atoms with Gasteiger partial charge in [0.25, 0.3) is 0 Å². The number of carboxylic acids is 1. The molecule has 0 aliphatic heterocycles. The van der Waals surface area contributed by atoms with Gasteiger partial charge in [0.2, 0.25) is 0 Å². The van der Waals surface area contributed by atoms with E-state index in [1.807, 2.05) is 6.92 Å². The van der Waals surface area contributed by atoms with Crippen LogP contribution in [-0.2, 0) is 4.79 Å². The van der Waals surface area contributed by atoms with E-state index in [0.29, 0.717) is 0 Å². The van der Waals surface area contributed by atoms with Gasteiger partial charge in [0.15, 0.2) is 0 Å². The van der Waals surface area contributed by atoms with Crippen LogP contribution in [0.4, 0.5) is 0 Å². The van der Waals surface area contributed by atoms with Gasteiger partial charge < -0.3 is 10.4 Å². The second-order valence-electron chi connectivity index (χ2n) is 3.84. The fourth-order valence-corrected chi connectivity index (χ4v) is 1.85. The van der Waals surface area contributed by atoms with Crippen molar-refractivity contribution in [2.75, 3.05) is 6.54 Å². The van der Waals surface area contributed by atoms with Crippen LogP contribution in [-0.4, -0.2) is 23.2 Å². The Morgan fingerprint density at radius 1 is 1.36 bits per heavy atom. The predicted molar refractivity (Wildman–Crippen MR) is 58.5 cm³/mol. The Kier molecular flexibility index (Phi) is 6.54. The third-order valence-electron chi connectivity index (χ3n) is 2.73. The van der Waals surface area contributed by atoms with Gasteiger partial charge in [-0.15, -0.1) is 0 Å². The first kappa shape index (κ1) is 13.4. The second kappa shape index (κ2) is 6.82. The first-order chi connectivity index (χ1) is 6.60. The van der Waals surface area contributed by atoms with Crippen molar-refractivity contribution in [1.29, 1.82) is 0 Å². The molecule has 3 nitrogen and oxygen atoms in total. The van der Waals surface area contributed by atoms with Gasteiger partial charge in [-0.1, -0.05) is 33.6 Å². The molecule has 0 saturated carbocycles. The van der Waals surface area contributed by atoms with E-state index in [0.717, 1.165) is 32.2 Å². The van der Waals surface area contributed by atoms with E-state index in [2.05, 4.69) is 19.2 Å². The zero-order valence-electron chi connectivity index (χ0n) is 9.60. The fourth-order valence-electron chi connectivity index (χ4n) is 1.85. The minimum absolute atomic E-state index is 0.184. The molecule has 84 valence electrons. The molecular formula is C11H23NO2. The van der Waals surface area contributed by atoms with Crippen LogP contribution in [0.5, 0.6) is 0 Å². The van der Waals surface area contributed by atoms with E-state index in [9.17, 15) is 4.79 Å². The summed E-state index contributed by atoms with van der Waals surface area (Å²) in [6, 6.07) is 0. The van der Waals surface area contributed by atoms with Crippen LogP contribution < -0.4 is 5.32 Å². The van der Waals surface area contributed by atoms with Crippen molar-refractivity contribution in [2.24, 2.45) is 0 Å². The third-order valence-corrected chi connectivity index (χ3v) is 2.73. The standard InChI is InChI=1S/C11H23NO2/c1-4-7-8-11(5-2,12-6-3)9-10(13)14/h12H,4-9H2,1-3H3,(H,13,14). The zero-order valence-corrected chi connectivity index (χ0v) is 9.60. The topological polar surface area (TPSA) is 49.3 Å². The van der Waals surface area contributed by atoms with Gasteiger partial charge in [0.05, 0.1) is 6.42 Å². The highest BCUT2D eigenvalue weighted by atomic mass is 16.4. The molecule has 0 rings (SSSR count). The number of aliphatic carboxylic acids is 1. The molecule has 0 spiro atoms. The van der Waals surface area contributed by atoms with Crippen molar-refractivity contribution in [3.05, 3.63) is 0 Å². The summed E-state index contributed by atoms with van der Waals surface area (Å²) < 4.78 is 0. The molecule has 0 heterocycles. The minimum atomic E-state index is -0.705. The molecule has 0 bridgehead atoms. The molecule has 14 heavy (non-hydrogen) atoms. The molecule has 0 aliphatic carbocycles. The average molecular weight is 201 g/mol. The molecule has 0 aliphatic rings. The van der Waals surface area contributed by atoms with Gasteiger partial charge in [0.1, 0.15) is 0 Å². The smallest absolute Gasteiger partial charge is 0.305 e. The molecule has 2 N–H and O–H groups in total.